The van der Waals surface area contributed by atoms with E-state index in [-0.39, 0.29) is 24.5 Å². The van der Waals surface area contributed by atoms with Crippen molar-refractivity contribution in [1.82, 2.24) is 4.90 Å². The molecule has 5 nitrogen and oxygen atoms in total. The van der Waals surface area contributed by atoms with Crippen molar-refractivity contribution in [1.29, 1.82) is 0 Å². The molecule has 1 N–H and O–H groups in total. The fraction of sp³-hybridized carbons (Fsp3) is 0.556. The first-order valence-corrected chi connectivity index (χ1v) is 8.18. The predicted molar refractivity (Wildman–Crippen MR) is 92.6 cm³/mol. The summed E-state index contributed by atoms with van der Waals surface area (Å²) in [6, 6.07) is 7.62. The predicted octanol–water partition coefficient (Wildman–Crippen LogP) is 4.01. The zero-order chi connectivity index (χ0) is 17.4. The first kappa shape index (κ1) is 19.0. The van der Waals surface area contributed by atoms with Crippen molar-refractivity contribution in [2.75, 3.05) is 18.5 Å². The third kappa shape index (κ3) is 6.30. The molecule has 5 heteroatoms. The second-order valence-corrected chi connectivity index (χ2v) is 6.05. The smallest absolute Gasteiger partial charge is 0.322 e. The molecule has 0 bridgehead atoms. The van der Waals surface area contributed by atoms with Crippen LogP contribution < -0.4 is 5.32 Å². The minimum absolute atomic E-state index is 0.000589. The molecule has 0 aromatic heterocycles. The summed E-state index contributed by atoms with van der Waals surface area (Å²) in [6.45, 7) is 10.6. The van der Waals surface area contributed by atoms with Gasteiger partial charge in [0.15, 0.2) is 0 Å². The van der Waals surface area contributed by atoms with Gasteiger partial charge in [0.2, 0.25) is 0 Å². The van der Waals surface area contributed by atoms with Gasteiger partial charge >= 0.3 is 12.0 Å². The van der Waals surface area contributed by atoms with Crippen LogP contribution in [0.4, 0.5) is 10.5 Å². The number of carbonyl (C=O) groups excluding carboxylic acids is 2. The van der Waals surface area contributed by atoms with E-state index in [1.54, 1.807) is 11.8 Å². The number of hydrogen-bond donors (Lipinski definition) is 1. The zero-order valence-corrected chi connectivity index (χ0v) is 14.8. The normalized spacial score (nSPS) is 10.7. The third-order valence-corrected chi connectivity index (χ3v) is 3.57. The number of esters is 1. The lowest BCUT2D eigenvalue weighted by Crippen LogP contribution is -2.41. The molecule has 2 amide bonds. The Morgan fingerprint density at radius 1 is 1.13 bits per heavy atom. The van der Waals surface area contributed by atoms with Gasteiger partial charge in [-0.15, -0.1) is 0 Å². The van der Waals surface area contributed by atoms with Crippen LogP contribution >= 0.6 is 0 Å². The second-order valence-electron chi connectivity index (χ2n) is 6.05. The van der Waals surface area contributed by atoms with Crippen LogP contribution in [0, 0.1) is 0 Å². The van der Waals surface area contributed by atoms with Crippen molar-refractivity contribution in [3.05, 3.63) is 29.8 Å². The standard InChI is InChI=1S/C18H28N2O3/c1-6-23-17(21)11-12-20(14(4)5)18(22)19-16-9-7-15(8-10-16)13(2)3/h7-10,13-14H,6,11-12H2,1-5H3,(H,19,22). The summed E-state index contributed by atoms with van der Waals surface area (Å²) >= 11 is 0. The van der Waals surface area contributed by atoms with E-state index in [4.69, 9.17) is 4.74 Å². The van der Waals surface area contributed by atoms with Crippen molar-refractivity contribution in [2.24, 2.45) is 0 Å². The van der Waals surface area contributed by atoms with Gasteiger partial charge in [0.25, 0.3) is 0 Å². The number of benzene rings is 1. The van der Waals surface area contributed by atoms with Gasteiger partial charge < -0.3 is 15.0 Å². The van der Waals surface area contributed by atoms with Crippen LogP contribution in [0.25, 0.3) is 0 Å². The Bertz CT molecular complexity index is 510. The molecule has 23 heavy (non-hydrogen) atoms. The maximum Gasteiger partial charge on any atom is 0.322 e. The molecule has 0 aliphatic rings. The molecule has 0 radical (unpaired) electrons. The topological polar surface area (TPSA) is 58.6 Å². The summed E-state index contributed by atoms with van der Waals surface area (Å²) in [7, 11) is 0. The van der Waals surface area contributed by atoms with Crippen molar-refractivity contribution >= 4 is 17.7 Å². The van der Waals surface area contributed by atoms with E-state index in [2.05, 4.69) is 19.2 Å². The molecule has 1 aromatic carbocycles. The molecule has 0 fully saturated rings. The Morgan fingerprint density at radius 3 is 2.22 bits per heavy atom. The maximum absolute atomic E-state index is 12.4. The van der Waals surface area contributed by atoms with E-state index in [1.165, 1.54) is 5.56 Å². The van der Waals surface area contributed by atoms with Gasteiger partial charge in [0, 0.05) is 18.3 Å². The highest BCUT2D eigenvalue weighted by Gasteiger charge is 2.18. The van der Waals surface area contributed by atoms with E-state index in [0.29, 0.717) is 19.1 Å². The molecule has 0 saturated carbocycles. The lowest BCUT2D eigenvalue weighted by molar-refractivity contribution is -0.143. The first-order chi connectivity index (χ1) is 10.8. The molecule has 0 aliphatic carbocycles. The molecule has 0 heterocycles. The van der Waals surface area contributed by atoms with Gasteiger partial charge in [0.05, 0.1) is 13.0 Å². The van der Waals surface area contributed by atoms with E-state index >= 15 is 0 Å². The van der Waals surface area contributed by atoms with Crippen LogP contribution in [0.5, 0.6) is 0 Å². The molecule has 0 spiro atoms. The van der Waals surface area contributed by atoms with Gasteiger partial charge in [0.1, 0.15) is 0 Å². The average molecular weight is 320 g/mol. The van der Waals surface area contributed by atoms with E-state index in [1.807, 2.05) is 38.1 Å². The SMILES string of the molecule is CCOC(=O)CCN(C(=O)Nc1ccc(C(C)C)cc1)C(C)C. The van der Waals surface area contributed by atoms with Gasteiger partial charge in [-0.05, 0) is 44.4 Å². The second kappa shape index (κ2) is 9.18. The number of urea groups is 1. The van der Waals surface area contributed by atoms with Crippen molar-refractivity contribution < 1.29 is 14.3 Å². The first-order valence-electron chi connectivity index (χ1n) is 8.18. The highest BCUT2D eigenvalue weighted by molar-refractivity contribution is 5.89. The molecule has 128 valence electrons. The Hall–Kier alpha value is -2.04. The third-order valence-electron chi connectivity index (χ3n) is 3.57. The summed E-state index contributed by atoms with van der Waals surface area (Å²) in [6.07, 6.45) is 0.200. The highest BCUT2D eigenvalue weighted by Crippen LogP contribution is 2.17. The Morgan fingerprint density at radius 2 is 1.74 bits per heavy atom. The number of anilines is 1. The molecule has 1 aromatic rings. The summed E-state index contributed by atoms with van der Waals surface area (Å²) in [5.74, 6) is 0.170. The van der Waals surface area contributed by atoms with Crippen LogP contribution in [0.3, 0.4) is 0 Å². The van der Waals surface area contributed by atoms with Gasteiger partial charge in [-0.1, -0.05) is 26.0 Å². The summed E-state index contributed by atoms with van der Waals surface area (Å²) in [4.78, 5) is 25.5. The Balaban J connectivity index is 2.65. The van der Waals surface area contributed by atoms with Crippen molar-refractivity contribution in [2.45, 2.75) is 53.0 Å². The number of nitrogens with one attached hydrogen (secondary N) is 1. The Kier molecular flexibility index (Phi) is 7.59. The number of ether oxygens (including phenoxy) is 1. The van der Waals surface area contributed by atoms with E-state index in [0.717, 1.165) is 5.69 Å². The van der Waals surface area contributed by atoms with Gasteiger partial charge in [-0.3, -0.25) is 4.79 Å². The highest BCUT2D eigenvalue weighted by atomic mass is 16.5. The van der Waals surface area contributed by atoms with Crippen LogP contribution in [0.2, 0.25) is 0 Å². The summed E-state index contributed by atoms with van der Waals surface area (Å²) in [5, 5.41) is 2.88. The fourth-order valence-corrected chi connectivity index (χ4v) is 2.19. The minimum Gasteiger partial charge on any atom is -0.466 e. The van der Waals surface area contributed by atoms with E-state index in [9.17, 15) is 9.59 Å². The average Bonchev–Trinajstić information content (AvgIpc) is 2.47. The fourth-order valence-electron chi connectivity index (χ4n) is 2.19. The Labute approximate surface area is 139 Å². The minimum atomic E-state index is -0.285. The van der Waals surface area contributed by atoms with Crippen molar-refractivity contribution in [3.8, 4) is 0 Å². The molecular formula is C18H28N2O3. The number of nitrogens with zero attached hydrogens (tertiary/aromatic N) is 1. The van der Waals surface area contributed by atoms with Gasteiger partial charge in [-0.25, -0.2) is 4.79 Å². The lowest BCUT2D eigenvalue weighted by Gasteiger charge is -2.26. The number of rotatable bonds is 7. The summed E-state index contributed by atoms with van der Waals surface area (Å²) in [5.41, 5.74) is 1.98. The monoisotopic (exact) mass is 320 g/mol. The molecule has 1 rings (SSSR count). The molecule has 0 atom stereocenters. The molecule has 0 unspecified atom stereocenters. The molecule has 0 aliphatic heterocycles. The molecule has 0 saturated heterocycles. The largest absolute Gasteiger partial charge is 0.466 e. The van der Waals surface area contributed by atoms with E-state index < -0.39 is 0 Å². The number of carbonyl (C=O) groups is 2. The quantitative estimate of drug-likeness (QED) is 0.772. The van der Waals surface area contributed by atoms with Gasteiger partial charge in [-0.2, -0.15) is 0 Å². The zero-order valence-electron chi connectivity index (χ0n) is 14.8. The van der Waals surface area contributed by atoms with Crippen LogP contribution in [0.15, 0.2) is 24.3 Å². The summed E-state index contributed by atoms with van der Waals surface area (Å²) < 4.78 is 4.91. The van der Waals surface area contributed by atoms with Crippen LogP contribution in [0.1, 0.15) is 52.5 Å². The maximum atomic E-state index is 12.4. The van der Waals surface area contributed by atoms with Crippen LogP contribution in [-0.2, 0) is 9.53 Å². The molecular weight excluding hydrogens is 292 g/mol. The number of hydrogen-bond acceptors (Lipinski definition) is 3. The number of amides is 2. The van der Waals surface area contributed by atoms with Crippen LogP contribution in [-0.4, -0.2) is 36.1 Å². The van der Waals surface area contributed by atoms with Crippen molar-refractivity contribution in [3.63, 3.8) is 0 Å². The lowest BCUT2D eigenvalue weighted by atomic mass is 10.0.